The second-order valence-electron chi connectivity index (χ2n) is 5.51. The highest BCUT2D eigenvalue weighted by atomic mass is 19.4. The van der Waals surface area contributed by atoms with Gasteiger partial charge in [-0.2, -0.15) is 18.3 Å². The molecule has 0 spiro atoms. The second kappa shape index (κ2) is 6.80. The third-order valence-corrected chi connectivity index (χ3v) is 3.33. The molecule has 0 aliphatic heterocycles. The molecule has 0 aliphatic rings. The van der Waals surface area contributed by atoms with Crippen molar-refractivity contribution in [2.75, 3.05) is 0 Å². The number of rotatable bonds is 5. The van der Waals surface area contributed by atoms with Crippen LogP contribution in [-0.2, 0) is 17.5 Å². The lowest BCUT2D eigenvalue weighted by molar-refractivity contribution is -0.137. The Kier molecular flexibility index (Phi) is 5.02. The molecule has 1 atom stereocenters. The fourth-order valence-electron chi connectivity index (χ4n) is 2.22. The van der Waals surface area contributed by atoms with Crippen molar-refractivity contribution in [1.82, 2.24) is 20.1 Å². The number of aromatic nitrogens is 3. The lowest BCUT2D eigenvalue weighted by Crippen LogP contribution is -2.34. The molecule has 0 radical (unpaired) electrons. The normalized spacial score (nSPS) is 13.1. The molecule has 0 saturated heterocycles. The maximum absolute atomic E-state index is 12.8. The summed E-state index contributed by atoms with van der Waals surface area (Å²) in [6, 6.07) is 4.49. The molecule has 1 N–H and O–H groups in total. The van der Waals surface area contributed by atoms with Crippen LogP contribution in [0.15, 0.2) is 36.9 Å². The van der Waals surface area contributed by atoms with E-state index in [0.29, 0.717) is 5.56 Å². The quantitative estimate of drug-likeness (QED) is 0.919. The number of carbonyl (C=O) groups excluding carboxylic acids is 1. The molecule has 23 heavy (non-hydrogen) atoms. The Hall–Kier alpha value is -2.38. The van der Waals surface area contributed by atoms with E-state index in [0.717, 1.165) is 12.1 Å². The average Bonchev–Trinajstić information content (AvgIpc) is 2.96. The van der Waals surface area contributed by atoms with Gasteiger partial charge in [-0.1, -0.05) is 26.0 Å². The van der Waals surface area contributed by atoms with E-state index in [4.69, 9.17) is 0 Å². The van der Waals surface area contributed by atoms with Crippen LogP contribution in [0.2, 0.25) is 0 Å². The van der Waals surface area contributed by atoms with E-state index in [1.54, 1.807) is 6.07 Å². The smallest absolute Gasteiger partial charge is 0.347 e. The number of nitrogens with zero attached hydrogens (tertiary/aromatic N) is 3. The molecule has 0 unspecified atom stereocenters. The Morgan fingerprint density at radius 1 is 1.35 bits per heavy atom. The molecule has 0 saturated carbocycles. The average molecular weight is 326 g/mol. The first kappa shape index (κ1) is 17.0. The molecule has 8 heteroatoms. The van der Waals surface area contributed by atoms with Crippen LogP contribution >= 0.6 is 0 Å². The van der Waals surface area contributed by atoms with Gasteiger partial charge in [0.15, 0.2) is 0 Å². The van der Waals surface area contributed by atoms with Crippen molar-refractivity contribution in [3.8, 4) is 0 Å². The van der Waals surface area contributed by atoms with E-state index in [1.165, 1.54) is 23.4 Å². The molecule has 1 aromatic heterocycles. The first-order chi connectivity index (χ1) is 10.8. The van der Waals surface area contributed by atoms with Crippen molar-refractivity contribution in [3.05, 3.63) is 48.0 Å². The largest absolute Gasteiger partial charge is 0.416 e. The van der Waals surface area contributed by atoms with Crippen molar-refractivity contribution in [3.63, 3.8) is 0 Å². The minimum Gasteiger partial charge on any atom is -0.347 e. The standard InChI is InChI=1S/C15H17F3N4O/c1-10(2)14(21-13(23)7-22-9-19-8-20-22)11-4-3-5-12(6-11)15(16,17)18/h3-6,8-10,14H,7H2,1-2H3,(H,21,23)/t14-/m0/s1. The van der Waals surface area contributed by atoms with E-state index in [1.807, 2.05) is 13.8 Å². The molecule has 0 bridgehead atoms. The highest BCUT2D eigenvalue weighted by Crippen LogP contribution is 2.32. The Labute approximate surface area is 131 Å². The van der Waals surface area contributed by atoms with Crippen molar-refractivity contribution in [1.29, 1.82) is 0 Å². The summed E-state index contributed by atoms with van der Waals surface area (Å²) >= 11 is 0. The third kappa shape index (κ3) is 4.54. The van der Waals surface area contributed by atoms with Crippen LogP contribution in [-0.4, -0.2) is 20.7 Å². The number of alkyl halides is 3. The summed E-state index contributed by atoms with van der Waals surface area (Å²) < 4.78 is 39.9. The summed E-state index contributed by atoms with van der Waals surface area (Å²) in [5, 5.41) is 6.58. The minimum absolute atomic E-state index is 0.0395. The van der Waals surface area contributed by atoms with Gasteiger partial charge in [-0.15, -0.1) is 0 Å². The van der Waals surface area contributed by atoms with Crippen LogP contribution in [0.4, 0.5) is 13.2 Å². The van der Waals surface area contributed by atoms with Gasteiger partial charge in [0, 0.05) is 0 Å². The van der Waals surface area contributed by atoms with Gasteiger partial charge in [-0.05, 0) is 23.6 Å². The van der Waals surface area contributed by atoms with Gasteiger partial charge in [-0.25, -0.2) is 9.67 Å². The summed E-state index contributed by atoms with van der Waals surface area (Å²) in [5.74, 6) is -0.412. The number of halogens is 3. The molecule has 2 rings (SSSR count). The van der Waals surface area contributed by atoms with Crippen LogP contribution in [0.3, 0.4) is 0 Å². The lowest BCUT2D eigenvalue weighted by Gasteiger charge is -2.23. The van der Waals surface area contributed by atoms with Gasteiger partial charge in [0.05, 0.1) is 11.6 Å². The highest BCUT2D eigenvalue weighted by Gasteiger charge is 2.31. The molecule has 0 aliphatic carbocycles. The van der Waals surface area contributed by atoms with Crippen LogP contribution in [0.1, 0.15) is 31.0 Å². The fraction of sp³-hybridized carbons (Fsp3) is 0.400. The highest BCUT2D eigenvalue weighted by molar-refractivity contribution is 5.76. The van der Waals surface area contributed by atoms with Crippen molar-refractivity contribution >= 4 is 5.91 Å². The van der Waals surface area contributed by atoms with Gasteiger partial charge in [-0.3, -0.25) is 4.79 Å². The SMILES string of the molecule is CC(C)[C@H](NC(=O)Cn1cncn1)c1cccc(C(F)(F)F)c1. The molecule has 0 fully saturated rings. The molecule has 124 valence electrons. The number of hydrogen-bond acceptors (Lipinski definition) is 3. The fourth-order valence-corrected chi connectivity index (χ4v) is 2.22. The maximum atomic E-state index is 12.8. The molecule has 1 aromatic carbocycles. The zero-order chi connectivity index (χ0) is 17.0. The van der Waals surface area contributed by atoms with Gasteiger partial charge < -0.3 is 5.32 Å². The van der Waals surface area contributed by atoms with E-state index in [9.17, 15) is 18.0 Å². The zero-order valence-corrected chi connectivity index (χ0v) is 12.7. The summed E-state index contributed by atoms with van der Waals surface area (Å²) in [5.41, 5.74) is -0.312. The van der Waals surface area contributed by atoms with E-state index in [-0.39, 0.29) is 18.4 Å². The summed E-state index contributed by atoms with van der Waals surface area (Å²) in [7, 11) is 0. The summed E-state index contributed by atoms with van der Waals surface area (Å²) in [4.78, 5) is 15.8. The summed E-state index contributed by atoms with van der Waals surface area (Å²) in [6.45, 7) is 3.63. The zero-order valence-electron chi connectivity index (χ0n) is 12.7. The molecule has 1 heterocycles. The van der Waals surface area contributed by atoms with E-state index >= 15 is 0 Å². The lowest BCUT2D eigenvalue weighted by atomic mass is 9.94. The molecular formula is C15H17F3N4O. The molecule has 2 aromatic rings. The number of amides is 1. The van der Waals surface area contributed by atoms with Gasteiger partial charge in [0.2, 0.25) is 5.91 Å². The third-order valence-electron chi connectivity index (χ3n) is 3.33. The maximum Gasteiger partial charge on any atom is 0.416 e. The second-order valence-corrected chi connectivity index (χ2v) is 5.51. The Morgan fingerprint density at radius 2 is 2.09 bits per heavy atom. The van der Waals surface area contributed by atoms with E-state index < -0.39 is 17.8 Å². The monoisotopic (exact) mass is 326 g/mol. The topological polar surface area (TPSA) is 59.8 Å². The predicted octanol–water partition coefficient (Wildman–Crippen LogP) is 2.81. The molecule has 1 amide bonds. The van der Waals surface area contributed by atoms with E-state index in [2.05, 4.69) is 15.4 Å². The molecular weight excluding hydrogens is 309 g/mol. The van der Waals surface area contributed by atoms with Gasteiger partial charge in [0.1, 0.15) is 19.2 Å². The van der Waals surface area contributed by atoms with Crippen LogP contribution in [0.5, 0.6) is 0 Å². The Bertz CT molecular complexity index is 653. The number of nitrogens with one attached hydrogen (secondary N) is 1. The molecule has 5 nitrogen and oxygen atoms in total. The van der Waals surface area contributed by atoms with Crippen LogP contribution in [0, 0.1) is 5.92 Å². The first-order valence-corrected chi connectivity index (χ1v) is 7.06. The first-order valence-electron chi connectivity index (χ1n) is 7.06. The Balaban J connectivity index is 2.17. The van der Waals surface area contributed by atoms with Crippen molar-refractivity contribution in [2.45, 2.75) is 32.6 Å². The number of benzene rings is 1. The number of carbonyl (C=O) groups is 1. The summed E-state index contributed by atoms with van der Waals surface area (Å²) in [6.07, 6.45) is -1.71. The van der Waals surface area contributed by atoms with Gasteiger partial charge >= 0.3 is 6.18 Å². The van der Waals surface area contributed by atoms with Gasteiger partial charge in [0.25, 0.3) is 0 Å². The van der Waals surface area contributed by atoms with Crippen molar-refractivity contribution < 1.29 is 18.0 Å². The van der Waals surface area contributed by atoms with Crippen molar-refractivity contribution in [2.24, 2.45) is 5.92 Å². The van der Waals surface area contributed by atoms with Crippen LogP contribution in [0.25, 0.3) is 0 Å². The van der Waals surface area contributed by atoms with Crippen LogP contribution < -0.4 is 5.32 Å². The minimum atomic E-state index is -4.41. The number of hydrogen-bond donors (Lipinski definition) is 1. The Morgan fingerprint density at radius 3 is 2.65 bits per heavy atom. The predicted molar refractivity (Wildman–Crippen MR) is 77.2 cm³/mol.